The van der Waals surface area contributed by atoms with Gasteiger partial charge in [0.2, 0.25) is 0 Å². The fraction of sp³-hybridized carbons (Fsp3) is 0.308. The Morgan fingerprint density at radius 3 is 1.77 bits per heavy atom. The zero-order valence-electron chi connectivity index (χ0n) is 37.1. The summed E-state index contributed by atoms with van der Waals surface area (Å²) in [6.07, 6.45) is 10.6. The van der Waals surface area contributed by atoms with Gasteiger partial charge in [-0.3, -0.25) is 9.97 Å². The van der Waals surface area contributed by atoms with E-state index in [1.54, 1.807) is 30.6 Å². The van der Waals surface area contributed by atoms with E-state index in [-0.39, 0.29) is 0 Å². The van der Waals surface area contributed by atoms with Gasteiger partial charge in [0.1, 0.15) is 23.6 Å². The minimum absolute atomic E-state index is 0.503. The highest BCUT2D eigenvalue weighted by Crippen LogP contribution is 2.33. The number of H-pyrrole nitrogens is 2. The molecule has 6 heterocycles. The average Bonchev–Trinajstić information content (AvgIpc) is 4.15. The number of hydrogen-bond acceptors (Lipinski definition) is 10. The maximum Gasteiger partial charge on any atom is 0.139 e. The lowest BCUT2D eigenvalue weighted by Crippen LogP contribution is -2.22. The van der Waals surface area contributed by atoms with Crippen molar-refractivity contribution in [1.82, 2.24) is 29.7 Å². The molecule has 0 amide bonds. The molecule has 10 rings (SSSR count). The van der Waals surface area contributed by atoms with Gasteiger partial charge in [-0.05, 0) is 151 Å². The van der Waals surface area contributed by atoms with Gasteiger partial charge in [-0.2, -0.15) is 10.5 Å². The van der Waals surface area contributed by atoms with E-state index >= 15 is 0 Å². The molecule has 0 unspecified atom stereocenters. The summed E-state index contributed by atoms with van der Waals surface area (Å²) in [5, 5.41) is 27.1. The molecular weight excluding hydrogens is 832 g/mol. The Morgan fingerprint density at radius 1 is 0.662 bits per heavy atom. The first-order valence-corrected chi connectivity index (χ1v) is 22.8. The number of fused-ring (bicyclic) bond motifs is 4. The van der Waals surface area contributed by atoms with Crippen LogP contribution >= 0.6 is 11.6 Å². The first-order chi connectivity index (χ1) is 31.7. The molecule has 0 radical (unpaired) electrons. The second-order valence-corrected chi connectivity index (χ2v) is 17.2. The van der Waals surface area contributed by atoms with Gasteiger partial charge >= 0.3 is 0 Å². The minimum Gasteiger partial charge on any atom is -0.492 e. The number of nitrogen functional groups attached to an aromatic ring is 1. The van der Waals surface area contributed by atoms with E-state index in [1.807, 2.05) is 49.4 Å². The molecule has 332 valence electrons. The summed E-state index contributed by atoms with van der Waals surface area (Å²) >= 11 is 6.14. The second kappa shape index (κ2) is 21.2. The predicted molar refractivity (Wildman–Crippen MR) is 263 cm³/mol. The van der Waals surface area contributed by atoms with Gasteiger partial charge in [-0.15, -0.1) is 0 Å². The molecule has 0 bridgehead atoms. The van der Waals surface area contributed by atoms with Crippen molar-refractivity contribution >= 4 is 72.3 Å². The molecule has 2 fully saturated rings. The monoisotopic (exact) mass is 886 g/mol. The highest BCUT2D eigenvalue weighted by atomic mass is 35.5. The number of aryl methyl sites for hydroxylation is 2. The fourth-order valence-corrected chi connectivity index (χ4v) is 8.80. The Balaban J connectivity index is 0.000000150. The number of likely N-dealkylation sites (tertiary alicyclic amines) is 2. The summed E-state index contributed by atoms with van der Waals surface area (Å²) in [7, 11) is 0. The Labute approximate surface area is 384 Å². The Hall–Kier alpha value is -6.83. The summed E-state index contributed by atoms with van der Waals surface area (Å²) in [5.74, 6) is 1.20. The third kappa shape index (κ3) is 11.5. The van der Waals surface area contributed by atoms with Crippen LogP contribution in [0.5, 0.6) is 11.5 Å². The van der Waals surface area contributed by atoms with Crippen molar-refractivity contribution in [2.75, 3.05) is 63.5 Å². The number of aromatic amines is 2. The Morgan fingerprint density at radius 2 is 1.18 bits per heavy atom. The van der Waals surface area contributed by atoms with Gasteiger partial charge in [0.15, 0.2) is 0 Å². The molecule has 5 N–H and O–H groups in total. The van der Waals surface area contributed by atoms with E-state index in [0.29, 0.717) is 40.9 Å². The van der Waals surface area contributed by atoms with Crippen LogP contribution in [-0.2, 0) is 0 Å². The number of hydrogen-bond donors (Lipinski definition) is 4. The van der Waals surface area contributed by atoms with E-state index in [1.165, 1.54) is 62.9 Å². The maximum absolute atomic E-state index is 9.73. The lowest BCUT2D eigenvalue weighted by atomic mass is 10.1. The molecule has 13 heteroatoms. The quantitative estimate of drug-likeness (QED) is 0.0684. The first kappa shape index (κ1) is 44.8. The summed E-state index contributed by atoms with van der Waals surface area (Å²) in [6.45, 7) is 12.2. The van der Waals surface area contributed by atoms with Crippen LogP contribution in [0.4, 0.5) is 17.1 Å². The molecule has 12 nitrogen and oxygen atoms in total. The number of anilines is 3. The maximum atomic E-state index is 9.73. The van der Waals surface area contributed by atoms with Crippen molar-refractivity contribution in [1.29, 1.82) is 10.5 Å². The number of nitriles is 2. The molecule has 0 spiro atoms. The zero-order valence-corrected chi connectivity index (χ0v) is 37.8. The number of aromatic nitrogens is 4. The molecule has 2 aliphatic rings. The number of pyridine rings is 2. The molecule has 2 aliphatic heterocycles. The smallest absolute Gasteiger partial charge is 0.139 e. The third-order valence-electron chi connectivity index (χ3n) is 11.8. The first-order valence-electron chi connectivity index (χ1n) is 22.5. The van der Waals surface area contributed by atoms with Crippen molar-refractivity contribution in [3.8, 4) is 23.6 Å². The molecule has 2 saturated heterocycles. The van der Waals surface area contributed by atoms with Crippen molar-refractivity contribution in [3.05, 3.63) is 125 Å². The summed E-state index contributed by atoms with van der Waals surface area (Å²) < 4.78 is 11.8. The van der Waals surface area contributed by atoms with E-state index in [2.05, 4.69) is 78.4 Å². The summed E-state index contributed by atoms with van der Waals surface area (Å²) in [5.41, 5.74) is 15.5. The minimum atomic E-state index is 0.503. The number of ether oxygens (including phenoxy) is 2. The van der Waals surface area contributed by atoms with Crippen LogP contribution in [0.3, 0.4) is 0 Å². The van der Waals surface area contributed by atoms with E-state index < -0.39 is 0 Å². The van der Waals surface area contributed by atoms with E-state index in [9.17, 15) is 10.5 Å². The molecule has 0 atom stereocenters. The number of benzene rings is 4. The average molecular weight is 888 g/mol. The summed E-state index contributed by atoms with van der Waals surface area (Å²) in [6, 6.07) is 31.8. The molecular formula is C52H55ClN10O2. The number of halogens is 1. The molecule has 4 aromatic heterocycles. The second-order valence-electron chi connectivity index (χ2n) is 16.8. The fourth-order valence-electron chi connectivity index (χ4n) is 8.60. The van der Waals surface area contributed by atoms with Crippen LogP contribution in [0.1, 0.15) is 61.0 Å². The lowest BCUT2D eigenvalue weighted by Gasteiger charge is -2.15. The van der Waals surface area contributed by atoms with Gasteiger partial charge in [0.25, 0.3) is 0 Å². The van der Waals surface area contributed by atoms with Gasteiger partial charge < -0.3 is 40.3 Å². The van der Waals surface area contributed by atoms with Crippen LogP contribution in [-0.4, -0.2) is 82.2 Å². The van der Waals surface area contributed by atoms with Crippen molar-refractivity contribution in [3.63, 3.8) is 0 Å². The van der Waals surface area contributed by atoms with Gasteiger partial charge in [-0.25, -0.2) is 0 Å². The number of nitrogens with zero attached hydrogens (tertiary/aromatic N) is 6. The van der Waals surface area contributed by atoms with Crippen LogP contribution < -0.4 is 20.5 Å². The number of nitrogens with two attached hydrogens (primary N) is 1. The molecule has 65 heavy (non-hydrogen) atoms. The van der Waals surface area contributed by atoms with Crippen molar-refractivity contribution < 1.29 is 9.47 Å². The highest BCUT2D eigenvalue weighted by Gasteiger charge is 2.15. The summed E-state index contributed by atoms with van der Waals surface area (Å²) in [4.78, 5) is 20.3. The standard InChI is InChI=1S/C26H27N5O.C17H18ClN3O.C9H10N2/c1-18-13-19-14-21(5-6-23(19)29-18)30-24-7-8-28-25-16-26(20(17-27)15-22(24)25)32-12-4-11-31-9-2-3-10-31;18-15-4-5-20-16-11-17(13(12-19)10-14(15)16)22-9-3-8-21-6-1-2-7-21;1-6-4-7-5-8(10)2-3-9(7)11-6/h5-8,13-16,29H,2-4,9-12H2,1H3,(H,28,30);4-5,10-11H,1-3,6-9H2;2-5,11H,10H2,1H3. The molecule has 4 aromatic carbocycles. The van der Waals surface area contributed by atoms with E-state index in [4.69, 9.17) is 26.8 Å². The topological polar surface area (TPSA) is 168 Å². The van der Waals surface area contributed by atoms with Crippen LogP contribution in [0.25, 0.3) is 43.6 Å². The zero-order chi connectivity index (χ0) is 45.1. The van der Waals surface area contributed by atoms with Crippen LogP contribution in [0, 0.1) is 36.5 Å². The predicted octanol–water partition coefficient (Wildman–Crippen LogP) is 11.2. The lowest BCUT2D eigenvalue weighted by molar-refractivity contribution is 0.263. The van der Waals surface area contributed by atoms with Gasteiger partial charge in [0, 0.05) is 98.6 Å². The SMILES string of the molecule is Cc1cc2cc(N)ccc2[nH]1.Cc1cc2cc(Nc3ccnc4cc(OCCCN5CCCC5)c(C#N)cc34)ccc2[nH]1.N#Cc1cc2c(Cl)ccnc2cc1OCCCN1CCCC1. The van der Waals surface area contributed by atoms with Crippen LogP contribution in [0.15, 0.2) is 97.3 Å². The Kier molecular flexibility index (Phi) is 14.6. The van der Waals surface area contributed by atoms with Crippen molar-refractivity contribution in [2.24, 2.45) is 0 Å². The highest BCUT2D eigenvalue weighted by molar-refractivity contribution is 6.35. The molecule has 0 saturated carbocycles. The van der Waals surface area contributed by atoms with Crippen LogP contribution in [0.2, 0.25) is 5.02 Å². The Bertz CT molecular complexity index is 2990. The number of nitrogens with one attached hydrogen (secondary N) is 3. The number of rotatable bonds is 12. The van der Waals surface area contributed by atoms with Crippen molar-refractivity contribution in [2.45, 2.75) is 52.4 Å². The molecule has 0 aliphatic carbocycles. The van der Waals surface area contributed by atoms with E-state index in [0.717, 1.165) is 86.9 Å². The third-order valence-corrected chi connectivity index (χ3v) is 12.2. The van der Waals surface area contributed by atoms with Gasteiger partial charge in [-0.1, -0.05) is 11.6 Å². The van der Waals surface area contributed by atoms with Gasteiger partial charge in [0.05, 0.1) is 40.4 Å². The molecule has 8 aromatic rings. The normalized spacial score (nSPS) is 13.9. The largest absolute Gasteiger partial charge is 0.492 e.